The van der Waals surface area contributed by atoms with Crippen molar-refractivity contribution >= 4 is 22.0 Å². The second-order valence-corrected chi connectivity index (χ2v) is 6.68. The molecular formula is C16H20N3O3S+. The van der Waals surface area contributed by atoms with Gasteiger partial charge in [-0.2, -0.15) is 13.5 Å². The molecule has 0 amide bonds. The maximum Gasteiger partial charge on any atom is 0.264 e. The van der Waals surface area contributed by atoms with Gasteiger partial charge in [0.05, 0.1) is 23.2 Å². The average molecular weight is 334 g/mol. The van der Waals surface area contributed by atoms with E-state index in [1.165, 1.54) is 0 Å². The first-order valence-corrected chi connectivity index (χ1v) is 8.92. The summed E-state index contributed by atoms with van der Waals surface area (Å²) in [6, 6.07) is 13.5. The Kier molecular flexibility index (Phi) is 6.25. The highest BCUT2D eigenvalue weighted by Gasteiger charge is 2.06. The van der Waals surface area contributed by atoms with Crippen molar-refractivity contribution in [2.24, 2.45) is 5.10 Å². The quantitative estimate of drug-likeness (QED) is 0.255. The molecule has 0 atom stereocenters. The molecule has 1 aromatic heterocycles. The van der Waals surface area contributed by atoms with Crippen LogP contribution in [0.5, 0.6) is 0 Å². The Labute approximate surface area is 136 Å². The van der Waals surface area contributed by atoms with Crippen molar-refractivity contribution in [2.75, 3.05) is 11.2 Å². The smallest absolute Gasteiger partial charge is 0.264 e. The summed E-state index contributed by atoms with van der Waals surface area (Å²) >= 11 is 0. The number of rotatable bonds is 8. The number of pyridine rings is 1. The third kappa shape index (κ3) is 7.03. The number of unbranched alkanes of at least 4 members (excludes halogenated alkanes) is 1. The minimum atomic E-state index is -3.86. The Morgan fingerprint density at radius 1 is 1.13 bits per heavy atom. The van der Waals surface area contributed by atoms with Gasteiger partial charge in [-0.3, -0.25) is 9.98 Å². The standard InChI is InChI=1S/C16H19N3O3S/c20-23(21,22)12-5-4-10-19-11-6-7-15(14-19)13-17-18-16-8-2-1-3-9-16/h1-3,6-9,11,13-14,18H,4-5,10,12H2/p+1/b17-13+. The van der Waals surface area contributed by atoms with E-state index in [1.54, 1.807) is 6.21 Å². The van der Waals surface area contributed by atoms with Crippen LogP contribution < -0.4 is 9.99 Å². The number of hydrazone groups is 1. The maximum absolute atomic E-state index is 10.7. The summed E-state index contributed by atoms with van der Waals surface area (Å²) in [7, 11) is -3.86. The van der Waals surface area contributed by atoms with Crippen molar-refractivity contribution in [1.29, 1.82) is 0 Å². The van der Waals surface area contributed by atoms with Crippen LogP contribution in [-0.2, 0) is 16.7 Å². The molecule has 0 saturated heterocycles. The number of hydrogen-bond donors (Lipinski definition) is 2. The molecule has 0 fully saturated rings. The summed E-state index contributed by atoms with van der Waals surface area (Å²) in [5.74, 6) is -0.199. The van der Waals surface area contributed by atoms with Gasteiger partial charge in [-0.15, -0.1) is 0 Å². The second kappa shape index (κ2) is 8.40. The number of anilines is 1. The number of aromatic nitrogens is 1. The van der Waals surface area contributed by atoms with Crippen LogP contribution in [-0.4, -0.2) is 24.9 Å². The highest BCUT2D eigenvalue weighted by molar-refractivity contribution is 7.85. The molecule has 122 valence electrons. The molecule has 23 heavy (non-hydrogen) atoms. The topological polar surface area (TPSA) is 82.6 Å². The molecule has 0 radical (unpaired) electrons. The number of nitrogens with zero attached hydrogens (tertiary/aromatic N) is 2. The third-order valence-electron chi connectivity index (χ3n) is 3.13. The number of benzene rings is 1. The molecule has 6 nitrogen and oxygen atoms in total. The lowest BCUT2D eigenvalue weighted by Crippen LogP contribution is -2.33. The minimum absolute atomic E-state index is 0.199. The van der Waals surface area contributed by atoms with E-state index < -0.39 is 10.1 Å². The molecule has 7 heteroatoms. The zero-order valence-corrected chi connectivity index (χ0v) is 13.5. The Bertz CT molecular complexity index is 746. The van der Waals surface area contributed by atoms with Crippen LogP contribution in [0, 0.1) is 0 Å². The van der Waals surface area contributed by atoms with Crippen LogP contribution >= 0.6 is 0 Å². The highest BCUT2D eigenvalue weighted by Crippen LogP contribution is 2.04. The Morgan fingerprint density at radius 3 is 2.65 bits per heavy atom. The van der Waals surface area contributed by atoms with Crippen LogP contribution in [0.25, 0.3) is 0 Å². The lowest BCUT2D eigenvalue weighted by Gasteiger charge is -1.99. The summed E-state index contributed by atoms with van der Waals surface area (Å²) in [5.41, 5.74) is 4.80. The van der Waals surface area contributed by atoms with Gasteiger partial charge in [0.1, 0.15) is 6.54 Å². The first-order valence-electron chi connectivity index (χ1n) is 7.31. The lowest BCUT2D eigenvalue weighted by molar-refractivity contribution is -0.697. The van der Waals surface area contributed by atoms with Crippen LogP contribution in [0.3, 0.4) is 0 Å². The SMILES string of the molecule is O=S(=O)(O)CCCC[n+]1cccc(/C=N/Nc2ccccc2)c1. The van der Waals surface area contributed by atoms with E-state index in [2.05, 4.69) is 10.5 Å². The Balaban J connectivity index is 1.84. The van der Waals surface area contributed by atoms with Gasteiger partial charge in [0.15, 0.2) is 12.4 Å². The molecule has 0 unspecified atom stereocenters. The summed E-state index contributed by atoms with van der Waals surface area (Å²) < 4.78 is 32.0. The Morgan fingerprint density at radius 2 is 1.91 bits per heavy atom. The molecule has 2 N–H and O–H groups in total. The van der Waals surface area contributed by atoms with Crippen molar-refractivity contribution in [1.82, 2.24) is 0 Å². The van der Waals surface area contributed by atoms with Crippen LogP contribution in [0.1, 0.15) is 18.4 Å². The zero-order valence-electron chi connectivity index (χ0n) is 12.7. The second-order valence-electron chi connectivity index (χ2n) is 5.10. The minimum Gasteiger partial charge on any atom is -0.286 e. The molecule has 1 aromatic carbocycles. The lowest BCUT2D eigenvalue weighted by atomic mass is 10.3. The van der Waals surface area contributed by atoms with Crippen molar-refractivity contribution in [3.63, 3.8) is 0 Å². The van der Waals surface area contributed by atoms with Gasteiger partial charge in [-0.05, 0) is 24.6 Å². The van der Waals surface area contributed by atoms with Crippen LogP contribution in [0.4, 0.5) is 5.69 Å². The predicted molar refractivity (Wildman–Crippen MR) is 89.9 cm³/mol. The van der Waals surface area contributed by atoms with Gasteiger partial charge in [-0.25, -0.2) is 4.57 Å². The van der Waals surface area contributed by atoms with Crippen molar-refractivity contribution in [3.8, 4) is 0 Å². The molecule has 2 aromatic rings. The fourth-order valence-corrected chi connectivity index (χ4v) is 2.60. The molecule has 2 rings (SSSR count). The maximum atomic E-state index is 10.7. The van der Waals surface area contributed by atoms with Gasteiger partial charge in [-0.1, -0.05) is 18.2 Å². The van der Waals surface area contributed by atoms with E-state index in [1.807, 2.05) is 59.4 Å². The first-order chi connectivity index (χ1) is 11.0. The number of para-hydroxylation sites is 1. The number of aryl methyl sites for hydroxylation is 1. The third-order valence-corrected chi connectivity index (χ3v) is 3.94. The molecule has 0 bridgehead atoms. The van der Waals surface area contributed by atoms with Crippen LogP contribution in [0.2, 0.25) is 0 Å². The summed E-state index contributed by atoms with van der Waals surface area (Å²) in [4.78, 5) is 0. The summed E-state index contributed by atoms with van der Waals surface area (Å²) in [5, 5.41) is 4.18. The largest absolute Gasteiger partial charge is 0.286 e. The van der Waals surface area contributed by atoms with Crippen molar-refractivity contribution in [3.05, 3.63) is 60.4 Å². The Hall–Kier alpha value is -2.25. The predicted octanol–water partition coefficient (Wildman–Crippen LogP) is 2.09. The van der Waals surface area contributed by atoms with E-state index in [4.69, 9.17) is 4.55 Å². The molecule has 0 saturated carbocycles. The van der Waals surface area contributed by atoms with E-state index in [0.717, 1.165) is 11.3 Å². The van der Waals surface area contributed by atoms with Crippen molar-refractivity contribution in [2.45, 2.75) is 19.4 Å². The first kappa shape index (κ1) is 17.1. The van der Waals surface area contributed by atoms with E-state index in [9.17, 15) is 8.42 Å². The van der Waals surface area contributed by atoms with E-state index >= 15 is 0 Å². The van der Waals surface area contributed by atoms with Crippen LogP contribution in [0.15, 0.2) is 60.0 Å². The van der Waals surface area contributed by atoms with E-state index in [-0.39, 0.29) is 5.75 Å². The van der Waals surface area contributed by atoms with Gasteiger partial charge >= 0.3 is 0 Å². The fraction of sp³-hybridized carbons (Fsp3) is 0.250. The molecular weight excluding hydrogens is 314 g/mol. The summed E-state index contributed by atoms with van der Waals surface area (Å²) in [6.07, 6.45) is 6.67. The molecule has 0 aliphatic rings. The number of hydrogen-bond acceptors (Lipinski definition) is 4. The van der Waals surface area contributed by atoms with Gasteiger partial charge in [0.2, 0.25) is 0 Å². The molecule has 0 aliphatic carbocycles. The number of nitrogens with one attached hydrogen (secondary N) is 1. The monoisotopic (exact) mass is 334 g/mol. The molecule has 0 aliphatic heterocycles. The molecule has 1 heterocycles. The fourth-order valence-electron chi connectivity index (χ4n) is 2.03. The zero-order chi connectivity index (χ0) is 16.5. The molecule has 0 spiro atoms. The van der Waals surface area contributed by atoms with E-state index in [0.29, 0.717) is 19.4 Å². The van der Waals surface area contributed by atoms with Crippen molar-refractivity contribution < 1.29 is 17.5 Å². The summed E-state index contributed by atoms with van der Waals surface area (Å²) in [6.45, 7) is 0.684. The van der Waals surface area contributed by atoms with Gasteiger partial charge in [0, 0.05) is 12.5 Å². The average Bonchev–Trinajstić information content (AvgIpc) is 2.52. The van der Waals surface area contributed by atoms with Gasteiger partial charge in [0.25, 0.3) is 10.1 Å². The van der Waals surface area contributed by atoms with Gasteiger partial charge < -0.3 is 0 Å². The normalized spacial score (nSPS) is 11.7. The highest BCUT2D eigenvalue weighted by atomic mass is 32.2.